The molecule has 0 atom stereocenters. The first-order chi connectivity index (χ1) is 13.5. The summed E-state index contributed by atoms with van der Waals surface area (Å²) < 4.78 is 1.79. The molecular formula is C21H15N5O2. The molecule has 0 fully saturated rings. The zero-order chi connectivity index (χ0) is 19.7. The van der Waals surface area contributed by atoms with Crippen molar-refractivity contribution < 1.29 is 4.92 Å². The minimum atomic E-state index is -0.431. The van der Waals surface area contributed by atoms with Gasteiger partial charge in [0.1, 0.15) is 11.9 Å². The molecule has 4 rings (SSSR count). The number of aromatic nitrogens is 3. The molecule has 0 saturated carbocycles. The standard InChI is InChI=1S/C21H15N5O2/c1-14-7-8-19-20(10-14)24-21(23-19)15(13-22)11-16-6-3-9-25(16)17-4-2-5-18(12-17)26(27)28/h2-12H,1H3,(H,23,24)/b15-11+. The summed E-state index contributed by atoms with van der Waals surface area (Å²) in [6.07, 6.45) is 3.51. The van der Waals surface area contributed by atoms with Crippen molar-refractivity contribution in [1.29, 1.82) is 5.26 Å². The van der Waals surface area contributed by atoms with Gasteiger partial charge in [0.2, 0.25) is 0 Å². The third-order valence-electron chi connectivity index (χ3n) is 4.40. The molecule has 0 amide bonds. The average Bonchev–Trinajstić information content (AvgIpc) is 3.32. The molecular weight excluding hydrogens is 354 g/mol. The number of nitro benzene ring substituents is 1. The minimum Gasteiger partial charge on any atom is -0.337 e. The summed E-state index contributed by atoms with van der Waals surface area (Å²) in [5.41, 5.74) is 4.50. The van der Waals surface area contributed by atoms with E-state index in [1.54, 1.807) is 29.0 Å². The Hall–Kier alpha value is -4.18. The summed E-state index contributed by atoms with van der Waals surface area (Å²) in [7, 11) is 0. The van der Waals surface area contributed by atoms with Crippen LogP contribution in [0.4, 0.5) is 5.69 Å². The molecule has 2 aromatic carbocycles. The molecule has 7 nitrogen and oxygen atoms in total. The van der Waals surface area contributed by atoms with Crippen molar-refractivity contribution in [2.45, 2.75) is 6.92 Å². The number of benzene rings is 2. The molecule has 0 radical (unpaired) electrons. The highest BCUT2D eigenvalue weighted by atomic mass is 16.6. The Morgan fingerprint density at radius 3 is 2.89 bits per heavy atom. The van der Waals surface area contributed by atoms with Crippen LogP contribution >= 0.6 is 0 Å². The van der Waals surface area contributed by atoms with Crippen molar-refractivity contribution in [2.24, 2.45) is 0 Å². The lowest BCUT2D eigenvalue weighted by Gasteiger charge is -2.06. The van der Waals surface area contributed by atoms with Crippen LogP contribution in [0, 0.1) is 28.4 Å². The Labute approximate surface area is 160 Å². The fraction of sp³-hybridized carbons (Fsp3) is 0.0476. The van der Waals surface area contributed by atoms with Gasteiger partial charge in [-0.25, -0.2) is 4.98 Å². The number of hydrogen-bond donors (Lipinski definition) is 1. The Bertz CT molecular complexity index is 1270. The van der Waals surface area contributed by atoms with Crippen LogP contribution in [0.1, 0.15) is 17.1 Å². The van der Waals surface area contributed by atoms with E-state index in [4.69, 9.17) is 0 Å². The van der Waals surface area contributed by atoms with E-state index in [-0.39, 0.29) is 5.69 Å². The minimum absolute atomic E-state index is 0.00860. The van der Waals surface area contributed by atoms with Gasteiger partial charge in [0.05, 0.1) is 27.2 Å². The van der Waals surface area contributed by atoms with Crippen LogP contribution < -0.4 is 0 Å². The zero-order valence-electron chi connectivity index (χ0n) is 15.0. The van der Waals surface area contributed by atoms with Crippen molar-refractivity contribution in [3.8, 4) is 11.8 Å². The molecule has 0 aliphatic heterocycles. The fourth-order valence-corrected chi connectivity index (χ4v) is 3.06. The molecule has 0 bridgehead atoms. The predicted molar refractivity (Wildman–Crippen MR) is 107 cm³/mol. The maximum Gasteiger partial charge on any atom is 0.271 e. The number of imidazole rings is 1. The van der Waals surface area contributed by atoms with Crippen LogP contribution in [-0.4, -0.2) is 19.5 Å². The molecule has 0 aliphatic rings. The summed E-state index contributed by atoms with van der Waals surface area (Å²) in [5, 5.41) is 20.7. The smallest absolute Gasteiger partial charge is 0.271 e. The second kappa shape index (κ2) is 6.85. The van der Waals surface area contributed by atoms with Gasteiger partial charge >= 0.3 is 0 Å². The number of H-pyrrole nitrogens is 1. The van der Waals surface area contributed by atoms with Gasteiger partial charge in [-0.3, -0.25) is 10.1 Å². The normalized spacial score (nSPS) is 11.5. The van der Waals surface area contributed by atoms with E-state index in [9.17, 15) is 15.4 Å². The lowest BCUT2D eigenvalue weighted by atomic mass is 10.2. The number of nitrogens with zero attached hydrogens (tertiary/aromatic N) is 4. The quantitative estimate of drug-likeness (QED) is 0.322. The van der Waals surface area contributed by atoms with Crippen molar-refractivity contribution >= 4 is 28.4 Å². The van der Waals surface area contributed by atoms with E-state index in [0.717, 1.165) is 16.6 Å². The van der Waals surface area contributed by atoms with Crippen molar-refractivity contribution in [1.82, 2.24) is 14.5 Å². The molecule has 0 unspecified atom stereocenters. The summed E-state index contributed by atoms with van der Waals surface area (Å²) in [6, 6.07) is 18.0. The molecule has 2 heterocycles. The van der Waals surface area contributed by atoms with Gasteiger partial charge in [-0.1, -0.05) is 12.1 Å². The molecule has 0 spiro atoms. The molecule has 0 aliphatic carbocycles. The molecule has 0 saturated heterocycles. The molecule has 7 heteroatoms. The number of nitriles is 1. The number of non-ortho nitro benzene ring substituents is 1. The summed E-state index contributed by atoms with van der Waals surface area (Å²) in [6.45, 7) is 1.99. The lowest BCUT2D eigenvalue weighted by Crippen LogP contribution is -1.97. The van der Waals surface area contributed by atoms with Crippen molar-refractivity contribution in [3.05, 3.63) is 88.0 Å². The summed E-state index contributed by atoms with van der Waals surface area (Å²) in [4.78, 5) is 18.3. The molecule has 1 N–H and O–H groups in total. The van der Waals surface area contributed by atoms with Crippen LogP contribution in [0.2, 0.25) is 0 Å². The van der Waals surface area contributed by atoms with Crippen molar-refractivity contribution in [2.75, 3.05) is 0 Å². The Morgan fingerprint density at radius 2 is 2.11 bits per heavy atom. The van der Waals surface area contributed by atoms with Crippen LogP contribution in [0.5, 0.6) is 0 Å². The molecule has 136 valence electrons. The molecule has 4 aromatic rings. The van der Waals surface area contributed by atoms with Crippen LogP contribution in [-0.2, 0) is 0 Å². The first kappa shape index (κ1) is 17.2. The summed E-state index contributed by atoms with van der Waals surface area (Å²) >= 11 is 0. The Morgan fingerprint density at radius 1 is 1.25 bits per heavy atom. The highest BCUT2D eigenvalue weighted by Gasteiger charge is 2.12. The van der Waals surface area contributed by atoms with E-state index in [0.29, 0.717) is 22.8 Å². The van der Waals surface area contributed by atoms with E-state index < -0.39 is 4.92 Å². The number of fused-ring (bicyclic) bond motifs is 1. The van der Waals surface area contributed by atoms with E-state index >= 15 is 0 Å². The number of nitro groups is 1. The third kappa shape index (κ3) is 3.15. The number of aromatic amines is 1. The van der Waals surface area contributed by atoms with Crippen LogP contribution in [0.15, 0.2) is 60.8 Å². The van der Waals surface area contributed by atoms with Gasteiger partial charge in [-0.05, 0) is 48.9 Å². The Kier molecular flexibility index (Phi) is 4.22. The van der Waals surface area contributed by atoms with E-state index in [1.807, 2.05) is 37.3 Å². The maximum absolute atomic E-state index is 11.1. The number of hydrogen-bond acceptors (Lipinski definition) is 4. The van der Waals surface area contributed by atoms with Crippen LogP contribution in [0.25, 0.3) is 28.4 Å². The van der Waals surface area contributed by atoms with Gasteiger partial charge in [-0.2, -0.15) is 5.26 Å². The lowest BCUT2D eigenvalue weighted by molar-refractivity contribution is -0.384. The van der Waals surface area contributed by atoms with E-state index in [2.05, 4.69) is 16.0 Å². The van der Waals surface area contributed by atoms with E-state index in [1.165, 1.54) is 12.1 Å². The third-order valence-corrected chi connectivity index (χ3v) is 4.40. The Balaban J connectivity index is 1.78. The van der Waals surface area contributed by atoms with Gasteiger partial charge in [0, 0.05) is 24.0 Å². The SMILES string of the molecule is Cc1ccc2nc(/C(C#N)=C/c3cccn3-c3cccc([N+](=O)[O-])c3)[nH]c2c1. The highest BCUT2D eigenvalue weighted by molar-refractivity contribution is 5.90. The molecule has 2 aromatic heterocycles. The fourth-order valence-electron chi connectivity index (χ4n) is 3.06. The van der Waals surface area contributed by atoms with Crippen molar-refractivity contribution in [3.63, 3.8) is 0 Å². The van der Waals surface area contributed by atoms with Crippen LogP contribution in [0.3, 0.4) is 0 Å². The number of aryl methyl sites for hydroxylation is 1. The topological polar surface area (TPSA) is 101 Å². The van der Waals surface area contributed by atoms with Gasteiger partial charge in [-0.15, -0.1) is 0 Å². The number of allylic oxidation sites excluding steroid dienone is 1. The van der Waals surface area contributed by atoms with Gasteiger partial charge in [0.25, 0.3) is 5.69 Å². The summed E-state index contributed by atoms with van der Waals surface area (Å²) in [5.74, 6) is 0.481. The van der Waals surface area contributed by atoms with Gasteiger partial charge < -0.3 is 9.55 Å². The monoisotopic (exact) mass is 369 g/mol. The first-order valence-corrected chi connectivity index (χ1v) is 8.56. The largest absolute Gasteiger partial charge is 0.337 e. The first-order valence-electron chi connectivity index (χ1n) is 8.56. The average molecular weight is 369 g/mol. The number of rotatable bonds is 4. The predicted octanol–water partition coefficient (Wildman–Crippen LogP) is 4.63. The van der Waals surface area contributed by atoms with Gasteiger partial charge in [0.15, 0.2) is 0 Å². The number of nitrogens with one attached hydrogen (secondary N) is 1. The molecule has 28 heavy (non-hydrogen) atoms. The zero-order valence-corrected chi connectivity index (χ0v) is 15.0. The second-order valence-corrected chi connectivity index (χ2v) is 6.36. The maximum atomic E-state index is 11.1. The second-order valence-electron chi connectivity index (χ2n) is 6.36. The highest BCUT2D eigenvalue weighted by Crippen LogP contribution is 2.23.